The standard InChI is InChI=1S/C12H23NO2/c1-6-12(11(4)14)10(3)9(2)7-8-13-15-5/h8-10,12H,6-7H2,1-5H3/b13-8-/t9-,10?,12+/m1/s1. The van der Waals surface area contributed by atoms with E-state index < -0.39 is 0 Å². The molecule has 1 unspecified atom stereocenters. The molecule has 0 amide bonds. The number of rotatable bonds is 7. The topological polar surface area (TPSA) is 38.7 Å². The second kappa shape index (κ2) is 7.43. The van der Waals surface area contributed by atoms with Gasteiger partial charge in [-0.25, -0.2) is 0 Å². The van der Waals surface area contributed by atoms with Crippen molar-refractivity contribution in [1.82, 2.24) is 0 Å². The number of hydrogen-bond acceptors (Lipinski definition) is 3. The van der Waals surface area contributed by atoms with Gasteiger partial charge in [0.2, 0.25) is 0 Å². The fraction of sp³-hybridized carbons (Fsp3) is 0.833. The molecule has 0 saturated carbocycles. The van der Waals surface area contributed by atoms with Crippen molar-refractivity contribution < 1.29 is 9.63 Å². The molecule has 0 aliphatic carbocycles. The van der Waals surface area contributed by atoms with Crippen LogP contribution in [0.5, 0.6) is 0 Å². The summed E-state index contributed by atoms with van der Waals surface area (Å²) in [6.07, 6.45) is 3.55. The van der Waals surface area contributed by atoms with Crippen LogP contribution < -0.4 is 0 Å². The molecular weight excluding hydrogens is 190 g/mol. The van der Waals surface area contributed by atoms with Gasteiger partial charge in [-0.1, -0.05) is 25.9 Å². The highest BCUT2D eigenvalue weighted by molar-refractivity contribution is 5.78. The molecule has 0 aromatic heterocycles. The smallest absolute Gasteiger partial charge is 0.133 e. The predicted octanol–water partition coefficient (Wildman–Crippen LogP) is 2.90. The number of nitrogens with zero attached hydrogens (tertiary/aromatic N) is 1. The lowest BCUT2D eigenvalue weighted by Crippen LogP contribution is -2.24. The SMILES string of the molecule is CC[C@H](C(C)=O)C(C)[C@H](C)C/C=N\OC. The van der Waals surface area contributed by atoms with E-state index >= 15 is 0 Å². The van der Waals surface area contributed by atoms with Crippen LogP contribution in [0.15, 0.2) is 5.16 Å². The van der Waals surface area contributed by atoms with Crippen molar-refractivity contribution in [3.63, 3.8) is 0 Å². The van der Waals surface area contributed by atoms with Crippen molar-refractivity contribution in [2.75, 3.05) is 7.11 Å². The molecule has 3 heteroatoms. The zero-order valence-corrected chi connectivity index (χ0v) is 10.5. The molecule has 0 spiro atoms. The van der Waals surface area contributed by atoms with Crippen LogP contribution in [-0.4, -0.2) is 19.1 Å². The molecule has 0 rings (SSSR count). The average Bonchev–Trinajstić information content (AvgIpc) is 2.18. The predicted molar refractivity (Wildman–Crippen MR) is 62.9 cm³/mol. The Kier molecular flexibility index (Phi) is 7.01. The minimum Gasteiger partial charge on any atom is -0.399 e. The van der Waals surface area contributed by atoms with Gasteiger partial charge in [0.25, 0.3) is 0 Å². The molecule has 0 saturated heterocycles. The molecule has 0 fully saturated rings. The number of ketones is 1. The molecule has 15 heavy (non-hydrogen) atoms. The summed E-state index contributed by atoms with van der Waals surface area (Å²) >= 11 is 0. The molecule has 3 atom stereocenters. The van der Waals surface area contributed by atoms with Gasteiger partial charge in [0.05, 0.1) is 0 Å². The fourth-order valence-corrected chi connectivity index (χ4v) is 1.92. The van der Waals surface area contributed by atoms with Gasteiger partial charge in [0.15, 0.2) is 0 Å². The molecule has 0 N–H and O–H groups in total. The highest BCUT2D eigenvalue weighted by Gasteiger charge is 2.24. The molecular formula is C12H23NO2. The minimum absolute atomic E-state index is 0.177. The molecule has 0 aromatic rings. The summed E-state index contributed by atoms with van der Waals surface area (Å²) in [6.45, 7) is 8.04. The Morgan fingerprint density at radius 1 is 1.47 bits per heavy atom. The lowest BCUT2D eigenvalue weighted by atomic mass is 9.79. The van der Waals surface area contributed by atoms with Gasteiger partial charge in [-0.2, -0.15) is 0 Å². The summed E-state index contributed by atoms with van der Waals surface area (Å²) in [6, 6.07) is 0. The zero-order valence-electron chi connectivity index (χ0n) is 10.5. The van der Waals surface area contributed by atoms with Crippen LogP contribution in [0.3, 0.4) is 0 Å². The van der Waals surface area contributed by atoms with E-state index in [2.05, 4.69) is 30.8 Å². The maximum absolute atomic E-state index is 11.4. The minimum atomic E-state index is 0.177. The number of Topliss-reactive ketones (excluding diaryl/α,β-unsaturated/α-hetero) is 1. The highest BCUT2D eigenvalue weighted by atomic mass is 16.6. The third-order valence-electron chi connectivity index (χ3n) is 3.15. The zero-order chi connectivity index (χ0) is 11.8. The van der Waals surface area contributed by atoms with E-state index in [1.807, 2.05) is 0 Å². The third kappa shape index (κ3) is 4.96. The third-order valence-corrected chi connectivity index (χ3v) is 3.15. The molecule has 0 aliphatic rings. The van der Waals surface area contributed by atoms with Crippen molar-refractivity contribution in [1.29, 1.82) is 0 Å². The monoisotopic (exact) mass is 213 g/mol. The normalized spacial score (nSPS) is 17.4. The van der Waals surface area contributed by atoms with Crippen molar-refractivity contribution in [2.24, 2.45) is 22.9 Å². The van der Waals surface area contributed by atoms with Crippen LogP contribution in [-0.2, 0) is 9.63 Å². The van der Waals surface area contributed by atoms with Crippen LogP contribution in [0, 0.1) is 17.8 Å². The first-order valence-corrected chi connectivity index (χ1v) is 5.60. The molecule has 0 aromatic carbocycles. The van der Waals surface area contributed by atoms with E-state index in [-0.39, 0.29) is 5.92 Å². The Labute approximate surface area is 92.9 Å². The lowest BCUT2D eigenvalue weighted by molar-refractivity contribution is -0.122. The highest BCUT2D eigenvalue weighted by Crippen LogP contribution is 2.25. The summed E-state index contributed by atoms with van der Waals surface area (Å²) in [4.78, 5) is 16.0. The first kappa shape index (κ1) is 14.1. The lowest BCUT2D eigenvalue weighted by Gasteiger charge is -2.25. The average molecular weight is 213 g/mol. The summed E-state index contributed by atoms with van der Waals surface area (Å²) in [5.41, 5.74) is 0. The first-order chi connectivity index (χ1) is 7.04. The van der Waals surface area contributed by atoms with E-state index in [1.165, 1.54) is 7.11 Å². The summed E-state index contributed by atoms with van der Waals surface area (Å²) < 4.78 is 0. The second-order valence-corrected chi connectivity index (χ2v) is 4.17. The van der Waals surface area contributed by atoms with Gasteiger partial charge in [0.1, 0.15) is 12.9 Å². The van der Waals surface area contributed by atoms with Gasteiger partial charge in [-0.15, -0.1) is 0 Å². The number of hydrogen-bond donors (Lipinski definition) is 0. The molecule has 3 nitrogen and oxygen atoms in total. The van der Waals surface area contributed by atoms with E-state index in [0.717, 1.165) is 12.8 Å². The first-order valence-electron chi connectivity index (χ1n) is 5.60. The van der Waals surface area contributed by atoms with E-state index in [9.17, 15) is 4.79 Å². The second-order valence-electron chi connectivity index (χ2n) is 4.17. The maximum atomic E-state index is 11.4. The molecule has 0 bridgehead atoms. The van der Waals surface area contributed by atoms with Crippen molar-refractivity contribution in [2.45, 2.75) is 40.5 Å². The van der Waals surface area contributed by atoms with Gasteiger partial charge in [-0.3, -0.25) is 4.79 Å². The van der Waals surface area contributed by atoms with Gasteiger partial charge in [0, 0.05) is 12.1 Å². The van der Waals surface area contributed by atoms with E-state index in [4.69, 9.17) is 0 Å². The molecule has 0 heterocycles. The summed E-state index contributed by atoms with van der Waals surface area (Å²) in [7, 11) is 1.54. The largest absolute Gasteiger partial charge is 0.399 e. The molecule has 0 aliphatic heterocycles. The Morgan fingerprint density at radius 3 is 2.47 bits per heavy atom. The van der Waals surface area contributed by atoms with Crippen LogP contribution in [0.1, 0.15) is 40.5 Å². The van der Waals surface area contributed by atoms with Crippen molar-refractivity contribution in [3.8, 4) is 0 Å². The van der Waals surface area contributed by atoms with Crippen LogP contribution >= 0.6 is 0 Å². The van der Waals surface area contributed by atoms with Crippen LogP contribution in [0.2, 0.25) is 0 Å². The van der Waals surface area contributed by atoms with E-state index in [1.54, 1.807) is 13.1 Å². The van der Waals surface area contributed by atoms with Gasteiger partial charge >= 0.3 is 0 Å². The number of oxime groups is 1. The number of carbonyl (C=O) groups is 1. The van der Waals surface area contributed by atoms with E-state index in [0.29, 0.717) is 17.6 Å². The Bertz CT molecular complexity index is 214. The van der Waals surface area contributed by atoms with Crippen LogP contribution in [0.4, 0.5) is 0 Å². The summed E-state index contributed by atoms with van der Waals surface area (Å²) in [5, 5.41) is 3.71. The fourth-order valence-electron chi connectivity index (χ4n) is 1.92. The Morgan fingerprint density at radius 2 is 2.07 bits per heavy atom. The number of carbonyl (C=O) groups excluding carboxylic acids is 1. The van der Waals surface area contributed by atoms with Gasteiger partial charge < -0.3 is 4.84 Å². The molecule has 88 valence electrons. The Balaban J connectivity index is 4.21. The summed E-state index contributed by atoms with van der Waals surface area (Å²) in [5.74, 6) is 1.32. The Hall–Kier alpha value is -0.860. The molecule has 0 radical (unpaired) electrons. The maximum Gasteiger partial charge on any atom is 0.133 e. The van der Waals surface area contributed by atoms with Gasteiger partial charge in [-0.05, 0) is 31.6 Å². The quantitative estimate of drug-likeness (QED) is 0.482. The van der Waals surface area contributed by atoms with Crippen molar-refractivity contribution in [3.05, 3.63) is 0 Å². The van der Waals surface area contributed by atoms with Crippen LogP contribution in [0.25, 0.3) is 0 Å². The van der Waals surface area contributed by atoms with Crippen molar-refractivity contribution >= 4 is 12.0 Å².